The van der Waals surface area contributed by atoms with Crippen molar-refractivity contribution >= 4 is 6.08 Å². The molecule has 1 aromatic rings. The summed E-state index contributed by atoms with van der Waals surface area (Å²) in [7, 11) is 1.76. The Morgan fingerprint density at radius 3 is 2.35 bits per heavy atom. The van der Waals surface area contributed by atoms with Crippen LogP contribution >= 0.6 is 0 Å². The van der Waals surface area contributed by atoms with Crippen molar-refractivity contribution in [2.75, 3.05) is 13.7 Å². The zero-order valence-corrected chi connectivity index (χ0v) is 15.4. The average Bonchev–Trinajstić information content (AvgIpc) is 2.53. The van der Waals surface area contributed by atoms with Crippen molar-refractivity contribution in [3.05, 3.63) is 53.8 Å². The van der Waals surface area contributed by atoms with Gasteiger partial charge in [0.15, 0.2) is 0 Å². The van der Waals surface area contributed by atoms with Crippen molar-refractivity contribution in [1.82, 2.24) is 0 Å². The molecule has 0 aliphatic rings. The number of hydrogen-bond donors (Lipinski definition) is 0. The van der Waals surface area contributed by atoms with Gasteiger partial charge in [0.1, 0.15) is 0 Å². The van der Waals surface area contributed by atoms with Gasteiger partial charge in [0.2, 0.25) is 0 Å². The van der Waals surface area contributed by atoms with Crippen LogP contribution in [0.1, 0.15) is 51.7 Å². The summed E-state index contributed by atoms with van der Waals surface area (Å²) in [5, 5.41) is 0. The molecule has 0 saturated heterocycles. The van der Waals surface area contributed by atoms with Gasteiger partial charge in [0.25, 0.3) is 0 Å². The third-order valence-electron chi connectivity index (χ3n) is 3.81. The Morgan fingerprint density at radius 2 is 1.87 bits per heavy atom. The molecule has 0 heterocycles. The van der Waals surface area contributed by atoms with Gasteiger partial charge in [-0.1, -0.05) is 64.6 Å². The number of allylic oxidation sites excluding steroid dienone is 1. The molecule has 0 N–H and O–H groups in total. The van der Waals surface area contributed by atoms with Gasteiger partial charge in [-0.15, -0.1) is 0 Å². The highest BCUT2D eigenvalue weighted by Crippen LogP contribution is 2.25. The molecule has 0 saturated carbocycles. The molecule has 0 radical (unpaired) electrons. The van der Waals surface area contributed by atoms with E-state index in [0.29, 0.717) is 0 Å². The lowest BCUT2D eigenvalue weighted by Gasteiger charge is -2.27. The zero-order valence-electron chi connectivity index (χ0n) is 15.4. The summed E-state index contributed by atoms with van der Waals surface area (Å²) in [6, 6.07) is 8.52. The summed E-state index contributed by atoms with van der Waals surface area (Å²) in [5.74, 6) is 1.03. The van der Waals surface area contributed by atoms with Crippen molar-refractivity contribution in [2.45, 2.75) is 53.1 Å². The molecule has 0 aliphatic heterocycles. The fourth-order valence-corrected chi connectivity index (χ4v) is 2.37. The van der Waals surface area contributed by atoms with Gasteiger partial charge >= 0.3 is 0 Å². The topological polar surface area (TPSA) is 18.5 Å². The average molecular weight is 316 g/mol. The lowest BCUT2D eigenvalue weighted by molar-refractivity contribution is 0.0486. The Bertz CT molecular complexity index is 492. The molecule has 0 aromatic heterocycles. The minimum atomic E-state index is 0.0532. The van der Waals surface area contributed by atoms with Gasteiger partial charge < -0.3 is 9.47 Å². The third-order valence-corrected chi connectivity index (χ3v) is 3.81. The molecule has 1 rings (SSSR count). The highest BCUT2D eigenvalue weighted by Gasteiger charge is 2.23. The van der Waals surface area contributed by atoms with E-state index in [1.807, 2.05) is 6.08 Å². The van der Waals surface area contributed by atoms with Crippen LogP contribution in [0.4, 0.5) is 0 Å². The Hall–Kier alpha value is -1.54. The van der Waals surface area contributed by atoms with Crippen LogP contribution in [0.5, 0.6) is 0 Å². The lowest BCUT2D eigenvalue weighted by Crippen LogP contribution is -2.26. The van der Waals surface area contributed by atoms with Crippen LogP contribution < -0.4 is 0 Å². The lowest BCUT2D eigenvalue weighted by atomic mass is 9.88. The van der Waals surface area contributed by atoms with Gasteiger partial charge in [0, 0.05) is 13.5 Å². The number of aryl methyl sites for hydroxylation is 1. The minimum absolute atomic E-state index is 0.0532. The van der Waals surface area contributed by atoms with Gasteiger partial charge in [-0.25, -0.2) is 0 Å². The van der Waals surface area contributed by atoms with E-state index in [0.717, 1.165) is 37.2 Å². The molecule has 1 aromatic carbocycles. The summed E-state index contributed by atoms with van der Waals surface area (Å²) in [6.45, 7) is 13.2. The van der Waals surface area contributed by atoms with Crippen LogP contribution in [0.3, 0.4) is 0 Å². The molecule has 0 aliphatic carbocycles. The van der Waals surface area contributed by atoms with Crippen LogP contribution in [0.25, 0.3) is 6.08 Å². The summed E-state index contributed by atoms with van der Waals surface area (Å²) in [4.78, 5) is 0. The fourth-order valence-electron chi connectivity index (χ4n) is 2.37. The predicted molar refractivity (Wildman–Crippen MR) is 99.4 cm³/mol. The zero-order chi connectivity index (χ0) is 17.3. The summed E-state index contributed by atoms with van der Waals surface area (Å²) < 4.78 is 11.6. The second-order valence-electron chi connectivity index (χ2n) is 6.95. The second-order valence-corrected chi connectivity index (χ2v) is 6.95. The van der Waals surface area contributed by atoms with Gasteiger partial charge in [-0.05, 0) is 35.5 Å². The molecule has 1 atom stereocenters. The second kappa shape index (κ2) is 9.57. The van der Waals surface area contributed by atoms with Crippen molar-refractivity contribution in [2.24, 2.45) is 5.41 Å². The molecule has 0 fully saturated rings. The first-order valence-corrected chi connectivity index (χ1v) is 8.48. The SMILES string of the molecule is C=Cc1ccc(CCC(=CC(OC)C(C)(C)C)OCCC)cc1. The third kappa shape index (κ3) is 7.04. The number of ether oxygens (including phenoxy) is 2. The van der Waals surface area contributed by atoms with Gasteiger partial charge in [-0.3, -0.25) is 0 Å². The summed E-state index contributed by atoms with van der Waals surface area (Å²) >= 11 is 0. The van der Waals surface area contributed by atoms with Crippen LogP contribution in [-0.2, 0) is 15.9 Å². The predicted octanol–water partition coefficient (Wildman–Crippen LogP) is 5.63. The van der Waals surface area contributed by atoms with E-state index < -0.39 is 0 Å². The van der Waals surface area contributed by atoms with Crippen molar-refractivity contribution in [3.8, 4) is 0 Å². The smallest absolute Gasteiger partial charge is 0.0949 e. The first-order chi connectivity index (χ1) is 10.9. The maximum absolute atomic E-state index is 5.95. The highest BCUT2D eigenvalue weighted by molar-refractivity contribution is 5.47. The van der Waals surface area contributed by atoms with Gasteiger partial charge in [0.05, 0.1) is 18.5 Å². The Balaban J connectivity index is 2.78. The number of rotatable bonds is 9. The Labute approximate surface area is 142 Å². The van der Waals surface area contributed by atoms with E-state index in [-0.39, 0.29) is 11.5 Å². The summed E-state index contributed by atoms with van der Waals surface area (Å²) in [5.41, 5.74) is 2.52. The maximum atomic E-state index is 5.95. The van der Waals surface area contributed by atoms with E-state index >= 15 is 0 Å². The molecule has 0 amide bonds. The van der Waals surface area contributed by atoms with Gasteiger partial charge in [-0.2, -0.15) is 0 Å². The number of benzene rings is 1. The van der Waals surface area contributed by atoms with Crippen LogP contribution in [0, 0.1) is 5.41 Å². The number of methoxy groups -OCH3 is 1. The first-order valence-electron chi connectivity index (χ1n) is 8.48. The molecule has 1 unspecified atom stereocenters. The highest BCUT2D eigenvalue weighted by atomic mass is 16.5. The van der Waals surface area contributed by atoms with Crippen molar-refractivity contribution in [1.29, 1.82) is 0 Å². The van der Waals surface area contributed by atoms with Crippen LogP contribution in [0.15, 0.2) is 42.7 Å². The van der Waals surface area contributed by atoms with Crippen molar-refractivity contribution in [3.63, 3.8) is 0 Å². The van der Waals surface area contributed by atoms with E-state index in [9.17, 15) is 0 Å². The van der Waals surface area contributed by atoms with Crippen molar-refractivity contribution < 1.29 is 9.47 Å². The van der Waals surface area contributed by atoms with E-state index in [1.165, 1.54) is 5.56 Å². The fraction of sp³-hybridized carbons (Fsp3) is 0.524. The largest absolute Gasteiger partial charge is 0.498 e. The molecular formula is C21H32O2. The molecule has 0 bridgehead atoms. The molecule has 0 spiro atoms. The molecule has 128 valence electrons. The normalized spacial score (nSPS) is 13.7. The van der Waals surface area contributed by atoms with E-state index in [1.54, 1.807) is 7.11 Å². The standard InChI is InChI=1S/C21H32O2/c1-7-15-23-19(16-20(22-6)21(3,4)5)14-13-18-11-9-17(8-2)10-12-18/h8-12,16,20H,2,7,13-15H2,1,3-6H3. The monoisotopic (exact) mass is 316 g/mol. The Kier molecular flexibility index (Phi) is 8.11. The quantitative estimate of drug-likeness (QED) is 0.549. The first kappa shape index (κ1) is 19.5. The summed E-state index contributed by atoms with van der Waals surface area (Å²) in [6.07, 6.45) is 6.94. The van der Waals surface area contributed by atoms with E-state index in [2.05, 4.69) is 64.6 Å². The Morgan fingerprint density at radius 1 is 1.22 bits per heavy atom. The van der Waals surface area contributed by atoms with E-state index in [4.69, 9.17) is 9.47 Å². The molecular weight excluding hydrogens is 284 g/mol. The maximum Gasteiger partial charge on any atom is 0.0949 e. The molecule has 23 heavy (non-hydrogen) atoms. The molecule has 2 nitrogen and oxygen atoms in total. The number of hydrogen-bond acceptors (Lipinski definition) is 2. The minimum Gasteiger partial charge on any atom is -0.498 e. The molecule has 2 heteroatoms. The van der Waals surface area contributed by atoms with Crippen LogP contribution in [0.2, 0.25) is 0 Å². The van der Waals surface area contributed by atoms with Crippen LogP contribution in [-0.4, -0.2) is 19.8 Å².